The third-order valence-electron chi connectivity index (χ3n) is 3.92. The van der Waals surface area contributed by atoms with E-state index in [1.807, 2.05) is 24.4 Å². The monoisotopic (exact) mass is 276 g/mol. The molecule has 2 rings (SSSR count). The van der Waals surface area contributed by atoms with E-state index in [4.69, 9.17) is 0 Å². The highest BCUT2D eigenvalue weighted by molar-refractivity contribution is 7.10. The predicted molar refractivity (Wildman–Crippen MR) is 76.6 cm³/mol. The van der Waals surface area contributed by atoms with Gasteiger partial charge in [-0.1, -0.05) is 31.7 Å². The zero-order chi connectivity index (χ0) is 13.7. The van der Waals surface area contributed by atoms with Crippen LogP contribution in [0.15, 0.2) is 17.5 Å². The Morgan fingerprint density at radius 3 is 2.63 bits per heavy atom. The number of rotatable bonds is 3. The Labute approximate surface area is 118 Å². The first-order valence-electron chi connectivity index (χ1n) is 6.93. The molecular weight excluding hydrogens is 256 g/mol. The molecule has 0 spiro atoms. The van der Waals surface area contributed by atoms with Gasteiger partial charge in [-0.3, -0.25) is 4.79 Å². The van der Waals surface area contributed by atoms with Crippen molar-refractivity contribution in [3.05, 3.63) is 22.4 Å². The number of thiophene rings is 1. The molecule has 0 aliphatic heterocycles. The molecule has 1 N–H and O–H groups in total. The summed E-state index contributed by atoms with van der Waals surface area (Å²) >= 11 is 1.63. The first-order chi connectivity index (χ1) is 9.18. The van der Waals surface area contributed by atoms with E-state index in [0.717, 1.165) is 30.6 Å². The van der Waals surface area contributed by atoms with Gasteiger partial charge in [0.1, 0.15) is 5.41 Å². The number of nitrogens with one attached hydrogen (secondary N) is 1. The Hall–Kier alpha value is -1.34. The molecule has 19 heavy (non-hydrogen) atoms. The Kier molecular flexibility index (Phi) is 4.60. The van der Waals surface area contributed by atoms with Crippen molar-refractivity contribution in [1.29, 1.82) is 5.26 Å². The van der Waals surface area contributed by atoms with E-state index in [-0.39, 0.29) is 11.9 Å². The van der Waals surface area contributed by atoms with Gasteiger partial charge in [-0.25, -0.2) is 0 Å². The van der Waals surface area contributed by atoms with Crippen molar-refractivity contribution in [3.8, 4) is 6.07 Å². The smallest absolute Gasteiger partial charge is 0.240 e. The van der Waals surface area contributed by atoms with Crippen molar-refractivity contribution in [2.75, 3.05) is 0 Å². The average Bonchev–Trinajstić information content (AvgIpc) is 2.84. The van der Waals surface area contributed by atoms with E-state index in [2.05, 4.69) is 11.4 Å². The minimum absolute atomic E-state index is 0.0130. The topological polar surface area (TPSA) is 52.9 Å². The fraction of sp³-hybridized carbons (Fsp3) is 0.600. The van der Waals surface area contributed by atoms with Gasteiger partial charge in [0, 0.05) is 4.88 Å². The fourth-order valence-corrected chi connectivity index (χ4v) is 3.40. The van der Waals surface area contributed by atoms with Crippen molar-refractivity contribution in [2.45, 2.75) is 51.5 Å². The molecule has 0 radical (unpaired) electrons. The van der Waals surface area contributed by atoms with Crippen LogP contribution >= 0.6 is 11.3 Å². The van der Waals surface area contributed by atoms with Crippen LogP contribution in [0.2, 0.25) is 0 Å². The summed E-state index contributed by atoms with van der Waals surface area (Å²) in [4.78, 5) is 13.6. The van der Waals surface area contributed by atoms with Crippen molar-refractivity contribution in [1.82, 2.24) is 5.32 Å². The number of nitriles is 1. The van der Waals surface area contributed by atoms with E-state index < -0.39 is 5.41 Å². The number of nitrogens with zero attached hydrogens (tertiary/aromatic N) is 1. The molecule has 4 heteroatoms. The molecule has 0 aromatic carbocycles. The lowest BCUT2D eigenvalue weighted by atomic mass is 9.81. The van der Waals surface area contributed by atoms with Crippen molar-refractivity contribution in [2.24, 2.45) is 5.41 Å². The second kappa shape index (κ2) is 6.21. The molecule has 1 heterocycles. The molecule has 3 nitrogen and oxygen atoms in total. The van der Waals surface area contributed by atoms with Crippen LogP contribution in [0.5, 0.6) is 0 Å². The molecule has 1 fully saturated rings. The fourth-order valence-electron chi connectivity index (χ4n) is 2.67. The summed E-state index contributed by atoms with van der Waals surface area (Å²) in [7, 11) is 0. The van der Waals surface area contributed by atoms with E-state index in [1.54, 1.807) is 11.3 Å². The standard InChI is InChI=1S/C15H20N2OS/c1-12(13-7-6-10-19-13)17-14(18)15(11-16)8-4-2-3-5-9-15/h6-7,10,12H,2-5,8-9H2,1H3,(H,17,18). The summed E-state index contributed by atoms with van der Waals surface area (Å²) in [5.41, 5.74) is -0.804. The van der Waals surface area contributed by atoms with Crippen LogP contribution in [-0.2, 0) is 4.79 Å². The number of carbonyl (C=O) groups excluding carboxylic acids is 1. The van der Waals surface area contributed by atoms with E-state index >= 15 is 0 Å². The van der Waals surface area contributed by atoms with Crippen LogP contribution in [0.4, 0.5) is 0 Å². The first-order valence-corrected chi connectivity index (χ1v) is 7.81. The number of amides is 1. The van der Waals surface area contributed by atoms with Gasteiger partial charge < -0.3 is 5.32 Å². The van der Waals surface area contributed by atoms with Crippen LogP contribution in [0.25, 0.3) is 0 Å². The molecule has 0 saturated heterocycles. The Balaban J connectivity index is 2.06. The van der Waals surface area contributed by atoms with Gasteiger partial charge in [0.2, 0.25) is 5.91 Å². The van der Waals surface area contributed by atoms with Crippen molar-refractivity contribution in [3.63, 3.8) is 0 Å². The zero-order valence-corrected chi connectivity index (χ0v) is 12.1. The number of hydrogen-bond acceptors (Lipinski definition) is 3. The summed E-state index contributed by atoms with van der Waals surface area (Å²) in [5, 5.41) is 14.5. The zero-order valence-electron chi connectivity index (χ0n) is 11.3. The van der Waals surface area contributed by atoms with Crippen LogP contribution in [0, 0.1) is 16.7 Å². The van der Waals surface area contributed by atoms with Crippen LogP contribution in [0.1, 0.15) is 56.4 Å². The quantitative estimate of drug-likeness (QED) is 0.854. The summed E-state index contributed by atoms with van der Waals surface area (Å²) in [5.74, 6) is -0.0854. The molecule has 1 aliphatic carbocycles. The predicted octanol–water partition coefficient (Wildman–Crippen LogP) is 3.79. The Morgan fingerprint density at radius 2 is 2.11 bits per heavy atom. The minimum atomic E-state index is -0.804. The van der Waals surface area contributed by atoms with Gasteiger partial charge in [-0.05, 0) is 31.2 Å². The second-order valence-electron chi connectivity index (χ2n) is 5.32. The van der Waals surface area contributed by atoms with Gasteiger partial charge in [0.05, 0.1) is 12.1 Å². The molecule has 102 valence electrons. The van der Waals surface area contributed by atoms with Crippen LogP contribution in [0.3, 0.4) is 0 Å². The summed E-state index contributed by atoms with van der Waals surface area (Å²) < 4.78 is 0. The molecule has 1 amide bonds. The SMILES string of the molecule is CC(NC(=O)C1(C#N)CCCCCC1)c1cccs1. The molecule has 1 aromatic rings. The second-order valence-corrected chi connectivity index (χ2v) is 6.30. The van der Waals surface area contributed by atoms with Crippen LogP contribution < -0.4 is 5.32 Å². The molecule has 0 bridgehead atoms. The van der Waals surface area contributed by atoms with Crippen molar-refractivity contribution < 1.29 is 4.79 Å². The molecule has 1 saturated carbocycles. The van der Waals surface area contributed by atoms with Gasteiger partial charge in [-0.15, -0.1) is 11.3 Å². The maximum atomic E-state index is 12.5. The highest BCUT2D eigenvalue weighted by Crippen LogP contribution is 2.35. The highest BCUT2D eigenvalue weighted by atomic mass is 32.1. The lowest BCUT2D eigenvalue weighted by molar-refractivity contribution is -0.129. The molecular formula is C15H20N2OS. The Morgan fingerprint density at radius 1 is 1.42 bits per heavy atom. The lowest BCUT2D eigenvalue weighted by Crippen LogP contribution is -2.40. The molecule has 1 atom stereocenters. The Bertz CT molecular complexity index is 453. The first kappa shape index (κ1) is 14.1. The third kappa shape index (κ3) is 3.16. The highest BCUT2D eigenvalue weighted by Gasteiger charge is 2.39. The van der Waals surface area contributed by atoms with E-state index in [9.17, 15) is 10.1 Å². The molecule has 1 unspecified atom stereocenters. The lowest BCUT2D eigenvalue weighted by Gasteiger charge is -2.25. The van der Waals surface area contributed by atoms with E-state index in [1.165, 1.54) is 0 Å². The maximum Gasteiger partial charge on any atom is 0.240 e. The molecule has 1 aliphatic rings. The molecule has 1 aromatic heterocycles. The maximum absolute atomic E-state index is 12.5. The van der Waals surface area contributed by atoms with Gasteiger partial charge in [0.25, 0.3) is 0 Å². The largest absolute Gasteiger partial charge is 0.347 e. The summed E-state index contributed by atoms with van der Waals surface area (Å²) in [6, 6.07) is 6.28. The van der Waals surface area contributed by atoms with Gasteiger partial charge in [-0.2, -0.15) is 5.26 Å². The minimum Gasteiger partial charge on any atom is -0.347 e. The van der Waals surface area contributed by atoms with Crippen molar-refractivity contribution >= 4 is 17.2 Å². The van der Waals surface area contributed by atoms with Gasteiger partial charge in [0.15, 0.2) is 0 Å². The normalized spacial score (nSPS) is 20.0. The van der Waals surface area contributed by atoms with Gasteiger partial charge >= 0.3 is 0 Å². The van der Waals surface area contributed by atoms with E-state index in [0.29, 0.717) is 12.8 Å². The summed E-state index contributed by atoms with van der Waals surface area (Å²) in [6.07, 6.45) is 5.64. The summed E-state index contributed by atoms with van der Waals surface area (Å²) in [6.45, 7) is 1.98. The number of hydrogen-bond donors (Lipinski definition) is 1. The third-order valence-corrected chi connectivity index (χ3v) is 4.98. The average molecular weight is 276 g/mol. The van der Waals surface area contributed by atoms with Crippen LogP contribution in [-0.4, -0.2) is 5.91 Å². The number of carbonyl (C=O) groups is 1.